The van der Waals surface area contributed by atoms with Crippen LogP contribution in [0.4, 0.5) is 5.82 Å². The van der Waals surface area contributed by atoms with E-state index in [1.54, 1.807) is 0 Å². The van der Waals surface area contributed by atoms with E-state index in [1.165, 1.54) is 17.3 Å². The van der Waals surface area contributed by atoms with Crippen LogP contribution in [0.1, 0.15) is 38.3 Å². The summed E-state index contributed by atoms with van der Waals surface area (Å²) in [4.78, 5) is 13.5. The molecule has 1 aliphatic heterocycles. The minimum absolute atomic E-state index is 0.263. The van der Waals surface area contributed by atoms with Gasteiger partial charge in [0.2, 0.25) is 11.6 Å². The molecular weight excluding hydrogens is 394 g/mol. The molecule has 1 saturated heterocycles. The third kappa shape index (κ3) is 3.29. The number of ether oxygens (including phenoxy) is 1. The molecule has 0 aromatic carbocycles. The van der Waals surface area contributed by atoms with E-state index in [0.29, 0.717) is 17.0 Å². The van der Waals surface area contributed by atoms with Crippen molar-refractivity contribution in [1.29, 1.82) is 0 Å². The number of aliphatic hydroxyl groups is 3. The molecule has 5 N–H and O–H groups in total. The van der Waals surface area contributed by atoms with Gasteiger partial charge in [-0.05, 0) is 23.3 Å². The van der Waals surface area contributed by atoms with Crippen LogP contribution in [0.3, 0.4) is 0 Å². The van der Waals surface area contributed by atoms with Crippen LogP contribution in [0, 0.1) is 0 Å². The van der Waals surface area contributed by atoms with E-state index in [0.717, 1.165) is 25.7 Å². The summed E-state index contributed by atoms with van der Waals surface area (Å²) < 4.78 is 7.18. The monoisotopic (exact) mass is 417 g/mol. The molecule has 0 spiro atoms. The molecule has 0 bridgehead atoms. The first kappa shape index (κ1) is 19.2. The SMILES string of the molecule is OC[C@H]1O[C@@H](n2cnc3c(NC4CCCCC4)nc(-c4nnn[nH]4)nc32)[C@H](O)[C@H]1O. The molecule has 4 atom stereocenters. The second-order valence-electron chi connectivity index (χ2n) is 7.68. The van der Waals surface area contributed by atoms with Gasteiger partial charge < -0.3 is 25.4 Å². The number of H-pyrrole nitrogens is 1. The first-order chi connectivity index (χ1) is 14.7. The molecule has 2 fully saturated rings. The largest absolute Gasteiger partial charge is 0.394 e. The molecule has 0 amide bonds. The van der Waals surface area contributed by atoms with Crippen molar-refractivity contribution in [3.05, 3.63) is 6.33 Å². The molecule has 4 heterocycles. The van der Waals surface area contributed by atoms with Crippen molar-refractivity contribution in [3.8, 4) is 11.6 Å². The zero-order chi connectivity index (χ0) is 20.7. The van der Waals surface area contributed by atoms with Crippen LogP contribution in [0.25, 0.3) is 22.8 Å². The third-order valence-corrected chi connectivity index (χ3v) is 5.72. The van der Waals surface area contributed by atoms with Gasteiger partial charge in [0.25, 0.3) is 0 Å². The van der Waals surface area contributed by atoms with Gasteiger partial charge in [0.15, 0.2) is 23.2 Å². The summed E-state index contributed by atoms with van der Waals surface area (Å²) in [6, 6.07) is 0.275. The van der Waals surface area contributed by atoms with Gasteiger partial charge in [0, 0.05) is 6.04 Å². The summed E-state index contributed by atoms with van der Waals surface area (Å²) in [5.41, 5.74) is 0.902. The smallest absolute Gasteiger partial charge is 0.217 e. The highest BCUT2D eigenvalue weighted by Gasteiger charge is 2.44. The van der Waals surface area contributed by atoms with Crippen molar-refractivity contribution < 1.29 is 20.1 Å². The van der Waals surface area contributed by atoms with Gasteiger partial charge in [0.1, 0.15) is 18.3 Å². The quantitative estimate of drug-likeness (QED) is 0.356. The molecule has 13 nitrogen and oxygen atoms in total. The lowest BCUT2D eigenvalue weighted by molar-refractivity contribution is -0.0511. The Bertz CT molecular complexity index is 1000. The average Bonchev–Trinajstić information content (AvgIpc) is 3.50. The second kappa shape index (κ2) is 7.83. The van der Waals surface area contributed by atoms with Gasteiger partial charge in [0.05, 0.1) is 12.9 Å². The van der Waals surface area contributed by atoms with Gasteiger partial charge in [-0.1, -0.05) is 19.3 Å². The number of aromatic nitrogens is 8. The van der Waals surface area contributed by atoms with Crippen LogP contribution in [-0.4, -0.2) is 86.4 Å². The van der Waals surface area contributed by atoms with Gasteiger partial charge in [-0.3, -0.25) is 4.57 Å². The van der Waals surface area contributed by atoms with Crippen LogP contribution >= 0.6 is 0 Å². The fraction of sp³-hybridized carbons (Fsp3) is 0.647. The number of hydrogen-bond acceptors (Lipinski definition) is 11. The van der Waals surface area contributed by atoms with Gasteiger partial charge in [-0.2, -0.15) is 0 Å². The third-order valence-electron chi connectivity index (χ3n) is 5.72. The molecular formula is C17H23N9O4. The second-order valence-corrected chi connectivity index (χ2v) is 7.68. The van der Waals surface area contributed by atoms with Crippen LogP contribution < -0.4 is 5.32 Å². The lowest BCUT2D eigenvalue weighted by Crippen LogP contribution is -2.33. The summed E-state index contributed by atoms with van der Waals surface area (Å²) in [5.74, 6) is 1.10. The normalized spacial score (nSPS) is 27.7. The lowest BCUT2D eigenvalue weighted by atomic mass is 9.95. The predicted octanol–water partition coefficient (Wildman–Crippen LogP) is -0.637. The van der Waals surface area contributed by atoms with E-state index >= 15 is 0 Å². The van der Waals surface area contributed by atoms with Crippen molar-refractivity contribution >= 4 is 17.0 Å². The molecule has 1 saturated carbocycles. The fourth-order valence-corrected chi connectivity index (χ4v) is 4.11. The number of aliphatic hydroxyl groups excluding tert-OH is 3. The van der Waals surface area contributed by atoms with Crippen LogP contribution in [0.5, 0.6) is 0 Å². The standard InChI is InChI=1S/C17H23N9O4/c27-6-9-11(28)12(29)17(30-9)26-7-18-10-13(19-8-4-2-1-3-5-8)20-14(21-16(10)26)15-22-24-25-23-15/h7-9,11-12,17,27-29H,1-6H2,(H,19,20,21)(H,22,23,24,25)/t9-,11+,12-,17-/m1/s1. The highest BCUT2D eigenvalue weighted by Crippen LogP contribution is 2.33. The summed E-state index contributed by atoms with van der Waals surface area (Å²) in [6.45, 7) is -0.417. The Balaban J connectivity index is 1.58. The first-order valence-electron chi connectivity index (χ1n) is 10.0. The number of nitrogens with one attached hydrogen (secondary N) is 2. The molecule has 1 aliphatic carbocycles. The number of fused-ring (bicyclic) bond motifs is 1. The zero-order valence-corrected chi connectivity index (χ0v) is 16.1. The Morgan fingerprint density at radius 1 is 1.17 bits per heavy atom. The minimum Gasteiger partial charge on any atom is -0.394 e. The number of anilines is 1. The summed E-state index contributed by atoms with van der Waals surface area (Å²) in [7, 11) is 0. The Labute approximate surface area is 170 Å². The highest BCUT2D eigenvalue weighted by molar-refractivity contribution is 5.84. The first-order valence-corrected chi connectivity index (χ1v) is 10.0. The van der Waals surface area contributed by atoms with Gasteiger partial charge >= 0.3 is 0 Å². The molecule has 160 valence electrons. The number of rotatable bonds is 5. The van der Waals surface area contributed by atoms with E-state index in [-0.39, 0.29) is 17.7 Å². The highest BCUT2D eigenvalue weighted by atomic mass is 16.6. The maximum absolute atomic E-state index is 10.4. The summed E-state index contributed by atoms with van der Waals surface area (Å²) in [5, 5.41) is 47.2. The van der Waals surface area contributed by atoms with Crippen molar-refractivity contribution in [2.45, 2.75) is 62.7 Å². The molecule has 3 aromatic heterocycles. The molecule has 30 heavy (non-hydrogen) atoms. The zero-order valence-electron chi connectivity index (χ0n) is 16.1. The Hall–Kier alpha value is -2.74. The van der Waals surface area contributed by atoms with Crippen LogP contribution in [0.15, 0.2) is 6.33 Å². The number of hydrogen-bond donors (Lipinski definition) is 5. The predicted molar refractivity (Wildman–Crippen MR) is 102 cm³/mol. The average molecular weight is 417 g/mol. The number of tetrazole rings is 1. The van der Waals surface area contributed by atoms with Gasteiger partial charge in [-0.25, -0.2) is 20.1 Å². The minimum atomic E-state index is -1.25. The number of nitrogens with zero attached hydrogens (tertiary/aromatic N) is 7. The summed E-state index contributed by atoms with van der Waals surface area (Å²) in [6.07, 6.45) is 2.77. The molecule has 0 unspecified atom stereocenters. The van der Waals surface area contributed by atoms with Gasteiger partial charge in [-0.15, -0.1) is 5.10 Å². The maximum atomic E-state index is 10.4. The number of imidazole rings is 1. The van der Waals surface area contributed by atoms with Crippen molar-refractivity contribution in [1.82, 2.24) is 40.1 Å². The summed E-state index contributed by atoms with van der Waals surface area (Å²) >= 11 is 0. The van der Waals surface area contributed by atoms with E-state index in [2.05, 4.69) is 40.9 Å². The Morgan fingerprint density at radius 3 is 2.70 bits per heavy atom. The van der Waals surface area contributed by atoms with E-state index in [1.807, 2.05) is 0 Å². The molecule has 2 aliphatic rings. The van der Waals surface area contributed by atoms with Crippen molar-refractivity contribution in [2.24, 2.45) is 0 Å². The van der Waals surface area contributed by atoms with E-state index in [4.69, 9.17) is 4.74 Å². The van der Waals surface area contributed by atoms with E-state index in [9.17, 15) is 15.3 Å². The van der Waals surface area contributed by atoms with Crippen molar-refractivity contribution in [3.63, 3.8) is 0 Å². The number of aromatic amines is 1. The van der Waals surface area contributed by atoms with E-state index < -0.39 is 31.1 Å². The Morgan fingerprint density at radius 2 is 2.00 bits per heavy atom. The fourth-order valence-electron chi connectivity index (χ4n) is 4.11. The Kier molecular flexibility index (Phi) is 5.02. The van der Waals surface area contributed by atoms with Crippen LogP contribution in [-0.2, 0) is 4.74 Å². The molecule has 0 radical (unpaired) electrons. The van der Waals surface area contributed by atoms with Crippen LogP contribution in [0.2, 0.25) is 0 Å². The topological polar surface area (TPSA) is 180 Å². The molecule has 3 aromatic rings. The lowest BCUT2D eigenvalue weighted by Gasteiger charge is -2.23. The maximum Gasteiger partial charge on any atom is 0.217 e. The molecule has 5 rings (SSSR count). The molecule has 13 heteroatoms. The van der Waals surface area contributed by atoms with Crippen molar-refractivity contribution in [2.75, 3.05) is 11.9 Å².